The van der Waals surface area contributed by atoms with Gasteiger partial charge in [0.1, 0.15) is 11.2 Å². The van der Waals surface area contributed by atoms with Gasteiger partial charge < -0.3 is 4.42 Å². The quantitative estimate of drug-likeness (QED) is 0.174. The van der Waals surface area contributed by atoms with Gasteiger partial charge in [-0.05, 0) is 35.9 Å². The summed E-state index contributed by atoms with van der Waals surface area (Å²) in [6.45, 7) is 0. The number of hydrogen-bond acceptors (Lipinski definition) is 4. The van der Waals surface area contributed by atoms with Gasteiger partial charge in [0.25, 0.3) is 0 Å². The van der Waals surface area contributed by atoms with Crippen LogP contribution in [0.5, 0.6) is 0 Å². The van der Waals surface area contributed by atoms with Crippen LogP contribution in [0.15, 0.2) is 180 Å². The minimum atomic E-state index is 0.686. The zero-order valence-electron chi connectivity index (χ0n) is 27.5. The molecule has 0 aliphatic heterocycles. The van der Waals surface area contributed by atoms with Crippen LogP contribution in [0.3, 0.4) is 0 Å². The molecule has 0 saturated heterocycles. The van der Waals surface area contributed by atoms with Gasteiger partial charge in [-0.25, -0.2) is 15.0 Å². The second-order valence-electron chi connectivity index (χ2n) is 12.8. The lowest BCUT2D eigenvalue weighted by Gasteiger charge is -2.16. The molecule has 4 heteroatoms. The van der Waals surface area contributed by atoms with Crippen LogP contribution >= 0.6 is 0 Å². The van der Waals surface area contributed by atoms with Gasteiger partial charge in [-0.3, -0.25) is 0 Å². The van der Waals surface area contributed by atoms with E-state index in [1.807, 2.05) is 48.5 Å². The van der Waals surface area contributed by atoms with Crippen molar-refractivity contribution in [1.82, 2.24) is 15.0 Å². The van der Waals surface area contributed by atoms with E-state index in [4.69, 9.17) is 19.4 Å². The van der Waals surface area contributed by atoms with Crippen molar-refractivity contribution in [2.45, 2.75) is 0 Å². The first-order valence-corrected chi connectivity index (χ1v) is 17.1. The third-order valence-electron chi connectivity index (χ3n) is 9.65. The zero-order chi connectivity index (χ0) is 33.7. The number of nitrogens with zero attached hydrogens (tertiary/aromatic N) is 3. The summed E-state index contributed by atoms with van der Waals surface area (Å²) >= 11 is 0. The molecule has 3 heterocycles. The summed E-state index contributed by atoms with van der Waals surface area (Å²) < 4.78 is 6.58. The Balaban J connectivity index is 1.25. The standard InChI is InChI=1S/C47H29N3O/c1-4-15-30(16-5-1)39-29-40(50-47(49-39)32-19-8-3-9-20-32)33-21-14-22-34(27-33)46-37-28-42-45(36-24-11-13-26-41(36)51-42)43(31-17-6-2-7-18-31)44(37)35-23-10-12-25-38(35)48-46/h1-29H. The van der Waals surface area contributed by atoms with E-state index in [9.17, 15) is 0 Å². The fourth-order valence-corrected chi connectivity index (χ4v) is 7.32. The van der Waals surface area contributed by atoms with Crippen molar-refractivity contribution >= 4 is 43.6 Å². The number of fused-ring (bicyclic) bond motifs is 6. The van der Waals surface area contributed by atoms with Crippen molar-refractivity contribution in [3.63, 3.8) is 0 Å². The first-order chi connectivity index (χ1) is 25.3. The smallest absolute Gasteiger partial charge is 0.160 e. The molecule has 0 radical (unpaired) electrons. The Morgan fingerprint density at radius 1 is 0.353 bits per heavy atom. The molecule has 0 amide bonds. The largest absolute Gasteiger partial charge is 0.456 e. The van der Waals surface area contributed by atoms with Crippen LogP contribution in [0.4, 0.5) is 0 Å². The lowest BCUT2D eigenvalue weighted by atomic mass is 9.89. The summed E-state index contributed by atoms with van der Waals surface area (Å²) in [7, 11) is 0. The first-order valence-electron chi connectivity index (χ1n) is 17.1. The lowest BCUT2D eigenvalue weighted by Crippen LogP contribution is -1.96. The van der Waals surface area contributed by atoms with Gasteiger partial charge in [0, 0.05) is 54.7 Å². The SMILES string of the molecule is c1ccc(-c2cc(-c3cccc(-c4nc5ccccc5c5c(-c6ccccc6)c6c(cc45)oc4ccccc46)c3)nc(-c3ccccc3)n2)cc1. The molecule has 10 rings (SSSR count). The third kappa shape index (κ3) is 4.96. The number of benzene rings is 7. The topological polar surface area (TPSA) is 51.8 Å². The highest BCUT2D eigenvalue weighted by Crippen LogP contribution is 2.46. The summed E-state index contributed by atoms with van der Waals surface area (Å²) in [5, 5.41) is 5.52. The van der Waals surface area contributed by atoms with Crippen LogP contribution in [0, 0.1) is 0 Å². The van der Waals surface area contributed by atoms with Crippen LogP contribution in [0.25, 0.3) is 99.9 Å². The van der Waals surface area contributed by atoms with Gasteiger partial charge in [0.05, 0.1) is 22.6 Å². The average molecular weight is 652 g/mol. The molecule has 10 aromatic rings. The molecular weight excluding hydrogens is 623 g/mol. The third-order valence-corrected chi connectivity index (χ3v) is 9.65. The van der Waals surface area contributed by atoms with E-state index in [0.29, 0.717) is 5.82 Å². The fraction of sp³-hybridized carbons (Fsp3) is 0. The number of furan rings is 1. The van der Waals surface area contributed by atoms with Crippen molar-refractivity contribution in [3.8, 4) is 56.3 Å². The van der Waals surface area contributed by atoms with Gasteiger partial charge in [-0.15, -0.1) is 0 Å². The molecule has 0 bridgehead atoms. The molecule has 0 saturated carbocycles. The van der Waals surface area contributed by atoms with Crippen molar-refractivity contribution < 1.29 is 4.42 Å². The van der Waals surface area contributed by atoms with Crippen molar-refractivity contribution in [3.05, 3.63) is 176 Å². The average Bonchev–Trinajstić information content (AvgIpc) is 3.59. The Bertz CT molecular complexity index is 2840. The monoisotopic (exact) mass is 651 g/mol. The van der Waals surface area contributed by atoms with Crippen molar-refractivity contribution in [2.24, 2.45) is 0 Å². The van der Waals surface area contributed by atoms with E-state index in [0.717, 1.165) is 94.1 Å². The number of rotatable bonds is 5. The van der Waals surface area contributed by atoms with Crippen LogP contribution in [0.1, 0.15) is 0 Å². The van der Waals surface area contributed by atoms with Crippen molar-refractivity contribution in [2.75, 3.05) is 0 Å². The second-order valence-corrected chi connectivity index (χ2v) is 12.8. The second kappa shape index (κ2) is 11.9. The van der Waals surface area contributed by atoms with Gasteiger partial charge in [0.15, 0.2) is 5.82 Å². The number of aromatic nitrogens is 3. The van der Waals surface area contributed by atoms with Crippen LogP contribution < -0.4 is 0 Å². The highest BCUT2D eigenvalue weighted by Gasteiger charge is 2.22. The summed E-state index contributed by atoms with van der Waals surface area (Å²) in [5.74, 6) is 0.686. The van der Waals surface area contributed by atoms with Gasteiger partial charge in [-0.1, -0.05) is 146 Å². The summed E-state index contributed by atoms with van der Waals surface area (Å²) in [4.78, 5) is 15.5. The first kappa shape index (κ1) is 29.0. The van der Waals surface area contributed by atoms with Crippen molar-refractivity contribution in [1.29, 1.82) is 0 Å². The molecule has 0 aliphatic carbocycles. The maximum absolute atomic E-state index is 6.58. The van der Waals surface area contributed by atoms with E-state index in [1.54, 1.807) is 0 Å². The lowest BCUT2D eigenvalue weighted by molar-refractivity contribution is 0.669. The van der Waals surface area contributed by atoms with Crippen LogP contribution in [-0.4, -0.2) is 15.0 Å². The maximum atomic E-state index is 6.58. The molecule has 7 aromatic carbocycles. The minimum absolute atomic E-state index is 0.686. The summed E-state index contributed by atoms with van der Waals surface area (Å²) in [6, 6.07) is 60.7. The molecule has 3 aromatic heterocycles. The van der Waals surface area contributed by atoms with Gasteiger partial charge in [0.2, 0.25) is 0 Å². The Hall–Kier alpha value is -6.91. The highest BCUT2D eigenvalue weighted by molar-refractivity contribution is 6.27. The number of para-hydroxylation sites is 2. The normalized spacial score (nSPS) is 11.5. The Kier molecular flexibility index (Phi) is 6.78. The molecule has 4 nitrogen and oxygen atoms in total. The van der Waals surface area contributed by atoms with Gasteiger partial charge in [-0.2, -0.15) is 0 Å². The van der Waals surface area contributed by atoms with E-state index >= 15 is 0 Å². The zero-order valence-corrected chi connectivity index (χ0v) is 27.5. The van der Waals surface area contributed by atoms with E-state index in [1.165, 1.54) is 0 Å². The molecule has 0 fully saturated rings. The van der Waals surface area contributed by atoms with Crippen LogP contribution in [-0.2, 0) is 0 Å². The maximum Gasteiger partial charge on any atom is 0.160 e. The van der Waals surface area contributed by atoms with E-state index in [2.05, 4.69) is 127 Å². The minimum Gasteiger partial charge on any atom is -0.456 e. The summed E-state index contributed by atoms with van der Waals surface area (Å²) in [5.41, 5.74) is 11.6. The number of pyridine rings is 1. The predicted octanol–water partition coefficient (Wildman–Crippen LogP) is 12.4. The van der Waals surface area contributed by atoms with Gasteiger partial charge >= 0.3 is 0 Å². The molecule has 0 spiro atoms. The molecule has 0 N–H and O–H groups in total. The molecule has 0 atom stereocenters. The number of hydrogen-bond donors (Lipinski definition) is 0. The van der Waals surface area contributed by atoms with Crippen LogP contribution in [0.2, 0.25) is 0 Å². The molecular formula is C47H29N3O. The fourth-order valence-electron chi connectivity index (χ4n) is 7.32. The van der Waals surface area contributed by atoms with E-state index < -0.39 is 0 Å². The highest BCUT2D eigenvalue weighted by atomic mass is 16.3. The molecule has 51 heavy (non-hydrogen) atoms. The van der Waals surface area contributed by atoms with E-state index in [-0.39, 0.29) is 0 Å². The molecule has 0 aliphatic rings. The molecule has 0 unspecified atom stereocenters. The molecule has 238 valence electrons. The summed E-state index contributed by atoms with van der Waals surface area (Å²) in [6.07, 6.45) is 0. The Labute approximate surface area is 294 Å². The Morgan fingerprint density at radius 2 is 0.941 bits per heavy atom. The Morgan fingerprint density at radius 3 is 1.71 bits per heavy atom. The predicted molar refractivity (Wildman–Crippen MR) is 209 cm³/mol.